The van der Waals surface area contributed by atoms with Gasteiger partial charge in [-0.15, -0.1) is 0 Å². The zero-order valence-electron chi connectivity index (χ0n) is 10.4. The average Bonchev–Trinajstić information content (AvgIpc) is 2.42. The molecule has 0 unspecified atom stereocenters. The van der Waals surface area contributed by atoms with Gasteiger partial charge < -0.3 is 10.6 Å². The molecule has 0 fully saturated rings. The maximum Gasteiger partial charge on any atom is 0.0640 e. The lowest BCUT2D eigenvalue weighted by Gasteiger charge is -2.23. The van der Waals surface area contributed by atoms with E-state index in [1.54, 1.807) is 6.20 Å². The molecule has 0 saturated carbocycles. The predicted octanol–water partition coefficient (Wildman–Crippen LogP) is 2.56. The van der Waals surface area contributed by atoms with E-state index in [0.29, 0.717) is 6.42 Å². The van der Waals surface area contributed by atoms with Gasteiger partial charge in [0.2, 0.25) is 0 Å². The number of fused-ring (bicyclic) bond motifs is 1. The Morgan fingerprint density at radius 3 is 2.89 bits per heavy atom. The quantitative estimate of drug-likeness (QED) is 0.834. The highest BCUT2D eigenvalue weighted by atomic mass is 15.1. The lowest BCUT2D eigenvalue weighted by atomic mass is 10.1. The molecule has 0 saturated heterocycles. The van der Waals surface area contributed by atoms with Crippen LogP contribution < -0.4 is 10.6 Å². The summed E-state index contributed by atoms with van der Waals surface area (Å²) in [5.74, 6) is 0. The van der Waals surface area contributed by atoms with E-state index in [0.717, 1.165) is 35.2 Å². The second-order valence-corrected chi connectivity index (χ2v) is 4.08. The van der Waals surface area contributed by atoms with Crippen molar-refractivity contribution >= 4 is 22.1 Å². The summed E-state index contributed by atoms with van der Waals surface area (Å²) >= 11 is 0. The molecule has 0 spiro atoms. The van der Waals surface area contributed by atoms with Gasteiger partial charge in [-0.25, -0.2) is 0 Å². The number of benzene rings is 1. The lowest BCUT2D eigenvalue weighted by Crippen LogP contribution is -2.23. The van der Waals surface area contributed by atoms with Gasteiger partial charge in [0, 0.05) is 47.6 Å². The summed E-state index contributed by atoms with van der Waals surface area (Å²) in [5, 5.41) is 10.8. The molecule has 0 radical (unpaired) electrons. The van der Waals surface area contributed by atoms with Crippen LogP contribution in [0.3, 0.4) is 0 Å². The minimum absolute atomic E-state index is 0.514. The van der Waals surface area contributed by atoms with Gasteiger partial charge in [0.1, 0.15) is 0 Å². The van der Waals surface area contributed by atoms with Crippen molar-refractivity contribution in [3.8, 4) is 6.07 Å². The van der Waals surface area contributed by atoms with Crippen LogP contribution in [0.4, 0.5) is 11.4 Å². The molecule has 1 aromatic heterocycles. The molecule has 4 nitrogen and oxygen atoms in total. The van der Waals surface area contributed by atoms with Gasteiger partial charge >= 0.3 is 0 Å². The monoisotopic (exact) mass is 240 g/mol. The van der Waals surface area contributed by atoms with Crippen LogP contribution in [0.1, 0.15) is 13.3 Å². The average molecular weight is 240 g/mol. The van der Waals surface area contributed by atoms with Crippen LogP contribution in [-0.4, -0.2) is 18.1 Å². The van der Waals surface area contributed by atoms with Crippen LogP contribution in [0.5, 0.6) is 0 Å². The molecule has 2 N–H and O–H groups in total. The number of hydrogen-bond acceptors (Lipinski definition) is 4. The first-order chi connectivity index (χ1) is 8.77. The molecule has 0 aliphatic rings. The van der Waals surface area contributed by atoms with E-state index in [1.807, 2.05) is 24.4 Å². The molecule has 0 amide bonds. The number of anilines is 2. The fraction of sp³-hybridized carbons (Fsp3) is 0.286. The summed E-state index contributed by atoms with van der Waals surface area (Å²) in [4.78, 5) is 6.34. The SMILES string of the molecule is CCN(CCC#N)c1ccc(N)c2ccncc12. The van der Waals surface area contributed by atoms with E-state index < -0.39 is 0 Å². The Labute approximate surface area is 107 Å². The molecule has 1 heterocycles. The first kappa shape index (κ1) is 12.2. The molecule has 92 valence electrons. The molecule has 0 aliphatic heterocycles. The highest BCUT2D eigenvalue weighted by Gasteiger charge is 2.09. The van der Waals surface area contributed by atoms with Crippen molar-refractivity contribution in [1.82, 2.24) is 4.98 Å². The van der Waals surface area contributed by atoms with Crippen LogP contribution in [0.2, 0.25) is 0 Å². The van der Waals surface area contributed by atoms with Gasteiger partial charge in [-0.3, -0.25) is 4.98 Å². The van der Waals surface area contributed by atoms with Gasteiger partial charge in [-0.05, 0) is 25.1 Å². The Balaban J connectivity index is 2.50. The molecule has 1 aromatic carbocycles. The molecule has 2 rings (SSSR count). The maximum atomic E-state index is 8.71. The lowest BCUT2D eigenvalue weighted by molar-refractivity contribution is 0.830. The summed E-state index contributed by atoms with van der Waals surface area (Å²) in [6.45, 7) is 3.66. The highest BCUT2D eigenvalue weighted by Crippen LogP contribution is 2.30. The Kier molecular flexibility index (Phi) is 3.63. The number of nitriles is 1. The number of hydrogen-bond donors (Lipinski definition) is 1. The van der Waals surface area contributed by atoms with Crippen LogP contribution in [-0.2, 0) is 0 Å². The molecule has 0 aliphatic carbocycles. The van der Waals surface area contributed by atoms with E-state index in [4.69, 9.17) is 11.0 Å². The number of nitrogens with zero attached hydrogens (tertiary/aromatic N) is 3. The topological polar surface area (TPSA) is 65.9 Å². The maximum absolute atomic E-state index is 8.71. The van der Waals surface area contributed by atoms with Crippen molar-refractivity contribution in [2.45, 2.75) is 13.3 Å². The van der Waals surface area contributed by atoms with Crippen LogP contribution in [0.25, 0.3) is 10.8 Å². The summed E-state index contributed by atoms with van der Waals surface area (Å²) in [6.07, 6.45) is 4.09. The van der Waals surface area contributed by atoms with Gasteiger partial charge in [0.05, 0.1) is 12.5 Å². The zero-order chi connectivity index (χ0) is 13.0. The third kappa shape index (κ3) is 2.21. The third-order valence-corrected chi connectivity index (χ3v) is 3.04. The number of aromatic nitrogens is 1. The van der Waals surface area contributed by atoms with Gasteiger partial charge in [-0.1, -0.05) is 0 Å². The first-order valence-electron chi connectivity index (χ1n) is 6.02. The molecule has 2 aromatic rings. The van der Waals surface area contributed by atoms with Crippen molar-refractivity contribution in [3.63, 3.8) is 0 Å². The molecule has 18 heavy (non-hydrogen) atoms. The van der Waals surface area contributed by atoms with Crippen molar-refractivity contribution in [2.24, 2.45) is 0 Å². The minimum atomic E-state index is 0.514. The Morgan fingerprint density at radius 2 is 2.17 bits per heavy atom. The van der Waals surface area contributed by atoms with Crippen molar-refractivity contribution in [3.05, 3.63) is 30.6 Å². The summed E-state index contributed by atoms with van der Waals surface area (Å²) in [7, 11) is 0. The largest absolute Gasteiger partial charge is 0.398 e. The number of nitrogen functional groups attached to an aromatic ring is 1. The van der Waals surface area contributed by atoms with E-state index in [-0.39, 0.29) is 0 Å². The van der Waals surface area contributed by atoms with Crippen LogP contribution >= 0.6 is 0 Å². The van der Waals surface area contributed by atoms with Crippen molar-refractivity contribution < 1.29 is 0 Å². The predicted molar refractivity (Wildman–Crippen MR) is 74.3 cm³/mol. The standard InChI is InChI=1S/C14H16N4/c1-2-18(9-3-7-15)14-5-4-13(16)11-6-8-17-10-12(11)14/h4-6,8,10H,2-3,9,16H2,1H3. The van der Waals surface area contributed by atoms with E-state index in [9.17, 15) is 0 Å². The fourth-order valence-corrected chi connectivity index (χ4v) is 2.11. The van der Waals surface area contributed by atoms with Gasteiger partial charge in [0.15, 0.2) is 0 Å². The fourth-order valence-electron chi connectivity index (χ4n) is 2.11. The van der Waals surface area contributed by atoms with E-state index >= 15 is 0 Å². The van der Waals surface area contributed by atoms with Crippen molar-refractivity contribution in [1.29, 1.82) is 5.26 Å². The molecule has 0 atom stereocenters. The Hall–Kier alpha value is -2.28. The van der Waals surface area contributed by atoms with E-state index in [1.165, 1.54) is 0 Å². The molecular formula is C14H16N4. The smallest absolute Gasteiger partial charge is 0.0640 e. The van der Waals surface area contributed by atoms with Crippen LogP contribution in [0, 0.1) is 11.3 Å². The van der Waals surface area contributed by atoms with Gasteiger partial charge in [0.25, 0.3) is 0 Å². The third-order valence-electron chi connectivity index (χ3n) is 3.04. The highest BCUT2D eigenvalue weighted by molar-refractivity contribution is 6.00. The van der Waals surface area contributed by atoms with E-state index in [2.05, 4.69) is 22.9 Å². The Bertz CT molecular complexity index is 586. The summed E-state index contributed by atoms with van der Waals surface area (Å²) in [6, 6.07) is 8.01. The van der Waals surface area contributed by atoms with Crippen molar-refractivity contribution in [2.75, 3.05) is 23.7 Å². The summed E-state index contributed by atoms with van der Waals surface area (Å²) < 4.78 is 0. The molecular weight excluding hydrogens is 224 g/mol. The second kappa shape index (κ2) is 5.37. The zero-order valence-corrected chi connectivity index (χ0v) is 10.4. The summed E-state index contributed by atoms with van der Waals surface area (Å²) in [5.41, 5.74) is 7.81. The minimum Gasteiger partial charge on any atom is -0.398 e. The number of rotatable bonds is 4. The second-order valence-electron chi connectivity index (χ2n) is 4.08. The normalized spacial score (nSPS) is 10.2. The number of pyridine rings is 1. The number of nitrogens with two attached hydrogens (primary N) is 1. The molecule has 0 bridgehead atoms. The van der Waals surface area contributed by atoms with Crippen LogP contribution in [0.15, 0.2) is 30.6 Å². The van der Waals surface area contributed by atoms with Gasteiger partial charge in [-0.2, -0.15) is 5.26 Å². The molecule has 4 heteroatoms. The first-order valence-corrected chi connectivity index (χ1v) is 6.02. The Morgan fingerprint density at radius 1 is 1.33 bits per heavy atom.